The van der Waals surface area contributed by atoms with Gasteiger partial charge in [0.15, 0.2) is 15.0 Å². The molecule has 2 atom stereocenters. The molecule has 2 aromatic rings. The van der Waals surface area contributed by atoms with Gasteiger partial charge >= 0.3 is 0 Å². The second-order valence-electron chi connectivity index (χ2n) is 8.10. The summed E-state index contributed by atoms with van der Waals surface area (Å²) in [7, 11) is -3.04. The van der Waals surface area contributed by atoms with Crippen molar-refractivity contribution in [3.05, 3.63) is 59.1 Å². The van der Waals surface area contributed by atoms with Gasteiger partial charge in [-0.3, -0.25) is 9.79 Å². The second kappa shape index (κ2) is 8.84. The molecule has 31 heavy (non-hydrogen) atoms. The average Bonchev–Trinajstić information content (AvgIpc) is 3.19. The van der Waals surface area contributed by atoms with Crippen LogP contribution in [0.2, 0.25) is 5.02 Å². The van der Waals surface area contributed by atoms with Gasteiger partial charge in [0.2, 0.25) is 5.91 Å². The van der Waals surface area contributed by atoms with Crippen molar-refractivity contribution >= 4 is 55.6 Å². The standard InChI is InChI=1S/C22H24ClN3O3S2/c1-14(2)15-6-8-18(9-7-15)26(11-21(27)24-17-5-3-4-16(23)10-17)22-25-19-12-31(28,29)13-20(19)30-22/h3-10,14,19-20H,11-13H2,1-2H3,(H,24,27)/t19-,20-/m0/s1. The number of amidine groups is 1. The second-order valence-corrected chi connectivity index (χ2v) is 11.9. The maximum absolute atomic E-state index is 12.8. The predicted octanol–water partition coefficient (Wildman–Crippen LogP) is 4.18. The maximum Gasteiger partial charge on any atom is 0.244 e. The van der Waals surface area contributed by atoms with E-state index in [9.17, 15) is 13.2 Å². The molecule has 0 unspecified atom stereocenters. The van der Waals surface area contributed by atoms with E-state index < -0.39 is 9.84 Å². The molecule has 0 radical (unpaired) electrons. The van der Waals surface area contributed by atoms with Gasteiger partial charge in [-0.2, -0.15) is 0 Å². The number of nitrogens with one attached hydrogen (secondary N) is 1. The highest BCUT2D eigenvalue weighted by Crippen LogP contribution is 2.37. The van der Waals surface area contributed by atoms with Crippen molar-refractivity contribution in [2.75, 3.05) is 28.3 Å². The first kappa shape index (κ1) is 22.2. The van der Waals surface area contributed by atoms with Crippen LogP contribution in [-0.4, -0.2) is 48.8 Å². The number of nitrogens with zero attached hydrogens (tertiary/aromatic N) is 2. The molecule has 1 N–H and O–H groups in total. The predicted molar refractivity (Wildman–Crippen MR) is 129 cm³/mol. The Morgan fingerprint density at radius 3 is 2.61 bits per heavy atom. The highest BCUT2D eigenvalue weighted by atomic mass is 35.5. The Balaban J connectivity index is 1.58. The lowest BCUT2D eigenvalue weighted by molar-refractivity contribution is -0.114. The lowest BCUT2D eigenvalue weighted by atomic mass is 10.0. The van der Waals surface area contributed by atoms with Crippen LogP contribution < -0.4 is 10.2 Å². The van der Waals surface area contributed by atoms with Gasteiger partial charge in [0.25, 0.3) is 0 Å². The fraction of sp³-hybridized carbons (Fsp3) is 0.364. The molecule has 0 spiro atoms. The van der Waals surface area contributed by atoms with Gasteiger partial charge in [-0.15, -0.1) is 0 Å². The summed E-state index contributed by atoms with van der Waals surface area (Å²) in [6.07, 6.45) is 0. The molecule has 6 nitrogen and oxygen atoms in total. The maximum atomic E-state index is 12.8. The quantitative estimate of drug-likeness (QED) is 0.699. The van der Waals surface area contributed by atoms with E-state index in [4.69, 9.17) is 11.6 Å². The van der Waals surface area contributed by atoms with E-state index in [1.807, 2.05) is 29.2 Å². The molecule has 4 rings (SSSR count). The normalized spacial score (nSPS) is 21.6. The third-order valence-electron chi connectivity index (χ3n) is 5.32. The van der Waals surface area contributed by atoms with Crippen LogP contribution in [0, 0.1) is 0 Å². The summed E-state index contributed by atoms with van der Waals surface area (Å²) < 4.78 is 23.9. The third kappa shape index (κ3) is 5.25. The molecular formula is C22H24ClN3O3S2. The average molecular weight is 478 g/mol. The minimum Gasteiger partial charge on any atom is -0.324 e. The van der Waals surface area contributed by atoms with Gasteiger partial charge in [0.05, 0.1) is 17.5 Å². The van der Waals surface area contributed by atoms with Gasteiger partial charge in [-0.25, -0.2) is 8.42 Å². The first-order valence-corrected chi connectivity index (χ1v) is 13.2. The zero-order valence-corrected chi connectivity index (χ0v) is 19.7. The number of amides is 1. The van der Waals surface area contributed by atoms with Crippen LogP contribution in [0.3, 0.4) is 0 Å². The molecule has 0 bridgehead atoms. The number of thioether (sulfide) groups is 1. The molecular weight excluding hydrogens is 454 g/mol. The minimum atomic E-state index is -3.04. The fourth-order valence-electron chi connectivity index (χ4n) is 3.69. The molecule has 2 aliphatic rings. The van der Waals surface area contributed by atoms with Gasteiger partial charge in [0, 0.05) is 21.6 Å². The first-order chi connectivity index (χ1) is 14.7. The zero-order valence-electron chi connectivity index (χ0n) is 17.3. The number of carbonyl (C=O) groups is 1. The Morgan fingerprint density at radius 2 is 1.97 bits per heavy atom. The Hall–Kier alpha value is -2.03. The summed E-state index contributed by atoms with van der Waals surface area (Å²) in [5, 5.41) is 4.01. The number of hydrogen-bond donors (Lipinski definition) is 1. The lowest BCUT2D eigenvalue weighted by Gasteiger charge is -2.24. The smallest absolute Gasteiger partial charge is 0.244 e. The number of anilines is 2. The minimum absolute atomic E-state index is 0.0611. The molecule has 1 amide bonds. The van der Waals surface area contributed by atoms with Crippen molar-refractivity contribution in [3.63, 3.8) is 0 Å². The Morgan fingerprint density at radius 1 is 1.23 bits per heavy atom. The van der Waals surface area contributed by atoms with E-state index in [-0.39, 0.29) is 35.2 Å². The molecule has 2 aliphatic heterocycles. The third-order valence-corrected chi connectivity index (χ3v) is 8.80. The van der Waals surface area contributed by atoms with Gasteiger partial charge in [-0.05, 0) is 41.8 Å². The zero-order chi connectivity index (χ0) is 22.2. The molecule has 2 heterocycles. The van der Waals surface area contributed by atoms with Crippen LogP contribution >= 0.6 is 23.4 Å². The lowest BCUT2D eigenvalue weighted by Crippen LogP contribution is -2.36. The van der Waals surface area contributed by atoms with E-state index >= 15 is 0 Å². The SMILES string of the molecule is CC(C)c1ccc(N(CC(=O)Nc2cccc(Cl)c2)C2=N[C@H]3CS(=O)(=O)C[C@@H]3S2)cc1. The van der Waals surface area contributed by atoms with E-state index in [2.05, 4.69) is 24.2 Å². The highest BCUT2D eigenvalue weighted by molar-refractivity contribution is 8.15. The van der Waals surface area contributed by atoms with Crippen molar-refractivity contribution < 1.29 is 13.2 Å². The fourth-order valence-corrected chi connectivity index (χ4v) is 7.66. The summed E-state index contributed by atoms with van der Waals surface area (Å²) in [6.45, 7) is 4.32. The summed E-state index contributed by atoms with van der Waals surface area (Å²) >= 11 is 7.46. The van der Waals surface area contributed by atoms with Crippen molar-refractivity contribution in [2.24, 2.45) is 4.99 Å². The molecule has 2 aromatic carbocycles. The van der Waals surface area contributed by atoms with Gasteiger partial charge in [0.1, 0.15) is 6.54 Å². The monoisotopic (exact) mass is 477 g/mol. The summed E-state index contributed by atoms with van der Waals surface area (Å²) in [5.74, 6) is 0.396. The molecule has 0 aromatic heterocycles. The number of hydrogen-bond acceptors (Lipinski definition) is 6. The molecule has 0 saturated carbocycles. The van der Waals surface area contributed by atoms with Crippen LogP contribution in [0.25, 0.3) is 0 Å². The molecule has 1 fully saturated rings. The Labute approximate surface area is 192 Å². The summed E-state index contributed by atoms with van der Waals surface area (Å²) in [5.41, 5.74) is 2.67. The van der Waals surface area contributed by atoms with Crippen LogP contribution in [0.5, 0.6) is 0 Å². The van der Waals surface area contributed by atoms with Crippen molar-refractivity contribution in [1.29, 1.82) is 0 Å². The Bertz CT molecular complexity index is 1120. The first-order valence-electron chi connectivity index (χ1n) is 10.1. The van der Waals surface area contributed by atoms with Crippen LogP contribution in [-0.2, 0) is 14.6 Å². The van der Waals surface area contributed by atoms with Crippen molar-refractivity contribution in [2.45, 2.75) is 31.1 Å². The summed E-state index contributed by atoms with van der Waals surface area (Å²) in [6, 6.07) is 14.8. The van der Waals surface area contributed by atoms with Crippen molar-refractivity contribution in [1.82, 2.24) is 0 Å². The topological polar surface area (TPSA) is 78.8 Å². The molecule has 1 saturated heterocycles. The van der Waals surface area contributed by atoms with Crippen molar-refractivity contribution in [3.8, 4) is 0 Å². The van der Waals surface area contributed by atoms with Crippen LogP contribution in [0.4, 0.5) is 11.4 Å². The molecule has 9 heteroatoms. The largest absolute Gasteiger partial charge is 0.324 e. The van der Waals surface area contributed by atoms with Gasteiger partial charge < -0.3 is 10.2 Å². The van der Waals surface area contributed by atoms with E-state index in [1.165, 1.54) is 17.3 Å². The number of halogens is 1. The highest BCUT2D eigenvalue weighted by Gasteiger charge is 2.44. The van der Waals surface area contributed by atoms with Crippen LogP contribution in [0.1, 0.15) is 25.3 Å². The number of rotatable bonds is 5. The van der Waals surface area contributed by atoms with Crippen LogP contribution in [0.15, 0.2) is 53.5 Å². The van der Waals surface area contributed by atoms with E-state index in [0.717, 1.165) is 5.69 Å². The van der Waals surface area contributed by atoms with E-state index in [0.29, 0.717) is 21.8 Å². The molecule has 0 aliphatic carbocycles. The number of fused-ring (bicyclic) bond motifs is 1. The number of benzene rings is 2. The van der Waals surface area contributed by atoms with E-state index in [1.54, 1.807) is 24.3 Å². The summed E-state index contributed by atoms with van der Waals surface area (Å²) in [4.78, 5) is 19.4. The van der Waals surface area contributed by atoms with Gasteiger partial charge in [-0.1, -0.05) is 55.4 Å². The molecule has 164 valence electrons. The number of aliphatic imine (C=N–C) groups is 1. The number of sulfone groups is 1. The Kier molecular flexibility index (Phi) is 6.32. The number of carbonyl (C=O) groups excluding carboxylic acids is 1.